The van der Waals surface area contributed by atoms with Crippen LogP contribution in [0.15, 0.2) is 9.59 Å². The van der Waals surface area contributed by atoms with Gasteiger partial charge in [-0.1, -0.05) is 20.3 Å². The number of hydrogen-bond acceptors (Lipinski definition) is 7. The number of aromatic nitrogens is 4. The molecule has 2 aromatic rings. The lowest BCUT2D eigenvalue weighted by molar-refractivity contribution is -0.0760. The highest BCUT2D eigenvalue weighted by molar-refractivity contribution is 5.71. The SMILES string of the molecule is CCCCn1c(=O)n([C@@H]2O[C@H](C(O)CC)C[C@H]2O)c2nc(N)[nH]c(=O)c21. The number of rotatable bonds is 6. The molecule has 2 aromatic heterocycles. The average molecular weight is 367 g/mol. The lowest BCUT2D eigenvalue weighted by Gasteiger charge is -2.18. The first-order valence-corrected chi connectivity index (χ1v) is 8.91. The average Bonchev–Trinajstić information content (AvgIpc) is 3.09. The van der Waals surface area contributed by atoms with Crippen LogP contribution in [0.5, 0.6) is 0 Å². The number of aromatic amines is 1. The second-order valence-corrected chi connectivity index (χ2v) is 6.62. The van der Waals surface area contributed by atoms with Crippen molar-refractivity contribution in [2.75, 3.05) is 5.73 Å². The highest BCUT2D eigenvalue weighted by Crippen LogP contribution is 2.32. The minimum absolute atomic E-state index is 0.0723. The summed E-state index contributed by atoms with van der Waals surface area (Å²) in [5.41, 5.74) is 4.82. The van der Waals surface area contributed by atoms with E-state index < -0.39 is 35.8 Å². The number of nitrogen functional groups attached to an aromatic ring is 1. The number of nitrogens with zero attached hydrogens (tertiary/aromatic N) is 3. The lowest BCUT2D eigenvalue weighted by Crippen LogP contribution is -2.32. The molecule has 10 nitrogen and oxygen atoms in total. The van der Waals surface area contributed by atoms with Crippen molar-refractivity contribution in [3.05, 3.63) is 20.8 Å². The van der Waals surface area contributed by atoms with Gasteiger partial charge < -0.3 is 20.7 Å². The Morgan fingerprint density at radius 1 is 1.42 bits per heavy atom. The van der Waals surface area contributed by atoms with E-state index >= 15 is 0 Å². The highest BCUT2D eigenvalue weighted by Gasteiger charge is 2.40. The molecule has 0 saturated carbocycles. The van der Waals surface area contributed by atoms with Crippen molar-refractivity contribution in [1.29, 1.82) is 0 Å². The van der Waals surface area contributed by atoms with Crippen LogP contribution in [0.4, 0.5) is 5.95 Å². The molecular formula is C16H25N5O5. The molecule has 26 heavy (non-hydrogen) atoms. The molecule has 0 amide bonds. The summed E-state index contributed by atoms with van der Waals surface area (Å²) in [4.78, 5) is 31.9. The van der Waals surface area contributed by atoms with Crippen molar-refractivity contribution in [2.24, 2.45) is 0 Å². The van der Waals surface area contributed by atoms with Gasteiger partial charge in [-0.15, -0.1) is 0 Å². The molecule has 0 radical (unpaired) electrons. The fourth-order valence-electron chi connectivity index (χ4n) is 3.38. The van der Waals surface area contributed by atoms with Gasteiger partial charge in [0.15, 0.2) is 17.4 Å². The number of anilines is 1. The zero-order chi connectivity index (χ0) is 19.0. The first-order valence-electron chi connectivity index (χ1n) is 8.91. The van der Waals surface area contributed by atoms with Gasteiger partial charge in [0, 0.05) is 13.0 Å². The summed E-state index contributed by atoms with van der Waals surface area (Å²) < 4.78 is 8.26. The molecule has 1 fully saturated rings. The molecule has 3 rings (SSSR count). The third kappa shape index (κ3) is 3.04. The van der Waals surface area contributed by atoms with Crippen LogP contribution in [0, 0.1) is 0 Å². The van der Waals surface area contributed by atoms with Gasteiger partial charge in [-0.2, -0.15) is 4.98 Å². The number of nitrogens with one attached hydrogen (secondary N) is 1. The molecule has 1 unspecified atom stereocenters. The summed E-state index contributed by atoms with van der Waals surface area (Å²) in [6, 6.07) is 0. The summed E-state index contributed by atoms with van der Waals surface area (Å²) in [7, 11) is 0. The maximum absolute atomic E-state index is 13.0. The molecule has 1 aliphatic heterocycles. The number of unbranched alkanes of at least 4 members (excludes halogenated alkanes) is 1. The zero-order valence-electron chi connectivity index (χ0n) is 14.9. The predicted molar refractivity (Wildman–Crippen MR) is 94.8 cm³/mol. The largest absolute Gasteiger partial charge is 0.390 e. The molecular weight excluding hydrogens is 342 g/mol. The summed E-state index contributed by atoms with van der Waals surface area (Å²) in [5.74, 6) is -0.124. The Balaban J connectivity index is 2.15. The molecule has 144 valence electrons. The van der Waals surface area contributed by atoms with Crippen LogP contribution in [0.3, 0.4) is 0 Å². The van der Waals surface area contributed by atoms with Crippen molar-refractivity contribution in [1.82, 2.24) is 19.1 Å². The van der Waals surface area contributed by atoms with Gasteiger partial charge in [-0.25, -0.2) is 9.36 Å². The van der Waals surface area contributed by atoms with Crippen molar-refractivity contribution >= 4 is 17.1 Å². The van der Waals surface area contributed by atoms with Gasteiger partial charge in [-0.05, 0) is 12.8 Å². The van der Waals surface area contributed by atoms with E-state index in [1.54, 1.807) is 6.92 Å². The molecule has 0 aromatic carbocycles. The number of nitrogens with two attached hydrogens (primary N) is 1. The van der Waals surface area contributed by atoms with Gasteiger partial charge in [0.05, 0.1) is 12.2 Å². The standard InChI is InChI=1S/C16H25N5O5/c1-3-5-6-20-11-12(18-15(17)19-13(11)24)21(16(20)25)14-9(23)7-10(26-14)8(22)4-2/h8-10,14,22-23H,3-7H2,1-2H3,(H3,17,18,19,24)/t8?,9-,10+,14-/m1/s1. The van der Waals surface area contributed by atoms with Gasteiger partial charge in [0.25, 0.3) is 5.56 Å². The lowest BCUT2D eigenvalue weighted by atomic mass is 10.1. The van der Waals surface area contributed by atoms with Gasteiger partial charge in [-0.3, -0.25) is 14.3 Å². The number of fused-ring (bicyclic) bond motifs is 1. The van der Waals surface area contributed by atoms with Crippen LogP contribution < -0.4 is 17.0 Å². The predicted octanol–water partition coefficient (Wildman–Crippen LogP) is -0.312. The molecule has 10 heteroatoms. The second kappa shape index (κ2) is 7.22. The van der Waals surface area contributed by atoms with E-state index in [1.165, 1.54) is 9.13 Å². The quantitative estimate of drug-likeness (QED) is 0.547. The molecule has 1 saturated heterocycles. The molecule has 0 aliphatic carbocycles. The first kappa shape index (κ1) is 18.6. The van der Waals surface area contributed by atoms with Gasteiger partial charge in [0.1, 0.15) is 6.10 Å². The Morgan fingerprint density at radius 2 is 2.15 bits per heavy atom. The van der Waals surface area contributed by atoms with Crippen LogP contribution in [-0.2, 0) is 11.3 Å². The van der Waals surface area contributed by atoms with Crippen molar-refractivity contribution in [3.63, 3.8) is 0 Å². The van der Waals surface area contributed by atoms with Crippen molar-refractivity contribution in [2.45, 2.75) is 70.6 Å². The van der Waals surface area contributed by atoms with E-state index in [1.807, 2.05) is 6.92 Å². The summed E-state index contributed by atoms with van der Waals surface area (Å²) >= 11 is 0. The summed E-state index contributed by atoms with van der Waals surface area (Å²) in [5, 5.41) is 20.4. The van der Waals surface area contributed by atoms with Crippen molar-refractivity contribution in [3.8, 4) is 0 Å². The Morgan fingerprint density at radius 3 is 2.81 bits per heavy atom. The van der Waals surface area contributed by atoms with Crippen LogP contribution in [-0.4, -0.2) is 47.6 Å². The van der Waals surface area contributed by atoms with E-state index in [9.17, 15) is 19.8 Å². The number of ether oxygens (including phenoxy) is 1. The Hall–Kier alpha value is -2.17. The second-order valence-electron chi connectivity index (χ2n) is 6.62. The number of H-pyrrole nitrogens is 1. The molecule has 4 atom stereocenters. The fourth-order valence-corrected chi connectivity index (χ4v) is 3.38. The minimum Gasteiger partial charge on any atom is -0.390 e. The van der Waals surface area contributed by atoms with Crippen molar-refractivity contribution < 1.29 is 14.9 Å². The third-order valence-corrected chi connectivity index (χ3v) is 4.78. The van der Waals surface area contributed by atoms with Crippen LogP contribution >= 0.6 is 0 Å². The van der Waals surface area contributed by atoms with Crippen LogP contribution in [0.1, 0.15) is 45.8 Å². The minimum atomic E-state index is -1.03. The summed E-state index contributed by atoms with van der Waals surface area (Å²) in [6.45, 7) is 4.13. The number of hydrogen-bond donors (Lipinski definition) is 4. The van der Waals surface area contributed by atoms with Crippen LogP contribution in [0.25, 0.3) is 11.2 Å². The zero-order valence-corrected chi connectivity index (χ0v) is 14.9. The van der Waals surface area contributed by atoms with E-state index in [4.69, 9.17) is 10.5 Å². The molecule has 0 spiro atoms. The molecule has 3 heterocycles. The number of aryl methyl sites for hydroxylation is 1. The van der Waals surface area contributed by atoms with E-state index in [2.05, 4.69) is 9.97 Å². The van der Waals surface area contributed by atoms with E-state index in [0.717, 1.165) is 6.42 Å². The fraction of sp³-hybridized carbons (Fsp3) is 0.688. The normalized spacial score (nSPS) is 24.4. The monoisotopic (exact) mass is 367 g/mol. The van der Waals surface area contributed by atoms with E-state index in [0.29, 0.717) is 19.4 Å². The van der Waals surface area contributed by atoms with E-state index in [-0.39, 0.29) is 23.5 Å². The number of aliphatic hydroxyl groups excluding tert-OH is 2. The van der Waals surface area contributed by atoms with Gasteiger partial charge >= 0.3 is 5.69 Å². The smallest absolute Gasteiger partial charge is 0.332 e. The Bertz CT molecular complexity index is 901. The highest BCUT2D eigenvalue weighted by atomic mass is 16.5. The number of aliphatic hydroxyl groups is 2. The molecule has 1 aliphatic rings. The topological polar surface area (TPSA) is 148 Å². The van der Waals surface area contributed by atoms with Crippen LogP contribution in [0.2, 0.25) is 0 Å². The van der Waals surface area contributed by atoms with Gasteiger partial charge in [0.2, 0.25) is 5.95 Å². The maximum atomic E-state index is 13.0. The molecule has 0 bridgehead atoms. The maximum Gasteiger partial charge on any atom is 0.332 e. The summed E-state index contributed by atoms with van der Waals surface area (Å²) in [6.07, 6.45) is -1.20. The Labute approximate surface area is 149 Å². The Kier molecular flexibility index (Phi) is 5.17. The first-order chi connectivity index (χ1) is 12.4. The molecule has 5 N–H and O–H groups in total. The number of imidazole rings is 1. The third-order valence-electron chi connectivity index (χ3n) is 4.78.